The Morgan fingerprint density at radius 3 is 2.39 bits per heavy atom. The maximum Gasteiger partial charge on any atom is 0.241 e. The number of halogens is 2. The molecule has 1 atom stereocenters. The van der Waals surface area contributed by atoms with Crippen LogP contribution in [0.2, 0.25) is 5.02 Å². The fraction of sp³-hybridized carbons (Fsp3) is 0.550. The van der Waals surface area contributed by atoms with Gasteiger partial charge in [-0.25, -0.2) is 12.8 Å². The summed E-state index contributed by atoms with van der Waals surface area (Å²) in [5.41, 5.74) is 0.242. The number of aromatic nitrogens is 3. The van der Waals surface area contributed by atoms with Gasteiger partial charge in [0.1, 0.15) is 11.6 Å². The van der Waals surface area contributed by atoms with E-state index in [-0.39, 0.29) is 29.6 Å². The van der Waals surface area contributed by atoms with Gasteiger partial charge >= 0.3 is 0 Å². The van der Waals surface area contributed by atoms with Gasteiger partial charge in [-0.3, -0.25) is 4.72 Å². The molecule has 2 rings (SSSR count). The predicted octanol–water partition coefficient (Wildman–Crippen LogP) is 3.37. The number of nitrogens with zero attached hydrogens (tertiary/aromatic N) is 3. The predicted molar refractivity (Wildman–Crippen MR) is 120 cm³/mol. The van der Waals surface area contributed by atoms with Gasteiger partial charge in [0.25, 0.3) is 0 Å². The van der Waals surface area contributed by atoms with Crippen LogP contribution in [0.3, 0.4) is 0 Å². The van der Waals surface area contributed by atoms with Crippen molar-refractivity contribution in [2.24, 2.45) is 5.92 Å². The first-order valence-electron chi connectivity index (χ1n) is 9.84. The minimum Gasteiger partial charge on any atom is -0.394 e. The summed E-state index contributed by atoms with van der Waals surface area (Å²) in [6.07, 6.45) is 1.98. The summed E-state index contributed by atoms with van der Waals surface area (Å²) < 4.78 is 39.2. The van der Waals surface area contributed by atoms with E-state index in [1.807, 2.05) is 27.7 Å². The lowest BCUT2D eigenvalue weighted by molar-refractivity contribution is 0.259. The molecule has 0 aliphatic carbocycles. The Morgan fingerprint density at radius 2 is 1.84 bits per heavy atom. The van der Waals surface area contributed by atoms with E-state index in [4.69, 9.17) is 11.6 Å². The van der Waals surface area contributed by atoms with E-state index in [1.54, 1.807) is 12.1 Å². The average molecular weight is 474 g/mol. The van der Waals surface area contributed by atoms with Crippen LogP contribution in [0, 0.1) is 11.7 Å². The Labute approximate surface area is 187 Å². The number of aliphatic hydroxyl groups is 1. The molecule has 0 unspecified atom stereocenters. The van der Waals surface area contributed by atoms with Crippen molar-refractivity contribution in [3.05, 3.63) is 40.4 Å². The molecule has 1 aromatic heterocycles. The monoisotopic (exact) mass is 473 g/mol. The van der Waals surface area contributed by atoms with Crippen molar-refractivity contribution < 1.29 is 17.9 Å². The van der Waals surface area contributed by atoms with Crippen molar-refractivity contribution in [1.82, 2.24) is 15.0 Å². The molecule has 0 aliphatic heterocycles. The van der Waals surface area contributed by atoms with E-state index in [0.717, 1.165) is 11.8 Å². The molecule has 0 saturated carbocycles. The van der Waals surface area contributed by atoms with E-state index >= 15 is 0 Å². The minimum atomic E-state index is -3.61. The third-order valence-electron chi connectivity index (χ3n) is 4.57. The zero-order valence-electron chi connectivity index (χ0n) is 18.3. The zero-order valence-corrected chi connectivity index (χ0v) is 19.9. The van der Waals surface area contributed by atoms with Gasteiger partial charge in [-0.15, -0.1) is 0 Å². The van der Waals surface area contributed by atoms with Crippen molar-refractivity contribution >= 4 is 33.5 Å². The smallest absolute Gasteiger partial charge is 0.241 e. The lowest BCUT2D eigenvalue weighted by atomic mass is 9.81. The second-order valence-corrected chi connectivity index (χ2v) is 10.8. The standard InChI is InChI=1S/C20H29ClFN5O3S/c1-12(2)8-14(11-28)23-18-24-17(25-19(26-18)27-31(5,29)30)10-20(3,4)13-6-7-16(22)15(21)9-13/h6-7,9,12,14,28H,8,10-11H2,1-5H3,(H2,23,24,25,26,27)/t14-/m1/s1. The lowest BCUT2D eigenvalue weighted by Gasteiger charge is -2.25. The molecule has 3 N–H and O–H groups in total. The highest BCUT2D eigenvalue weighted by Gasteiger charge is 2.25. The first-order valence-corrected chi connectivity index (χ1v) is 12.1. The first kappa shape index (κ1) is 25.2. The summed E-state index contributed by atoms with van der Waals surface area (Å²) in [7, 11) is -3.61. The maximum atomic E-state index is 13.6. The summed E-state index contributed by atoms with van der Waals surface area (Å²) in [6, 6.07) is 4.19. The number of rotatable bonds is 10. The van der Waals surface area contributed by atoms with Crippen LogP contribution in [0.5, 0.6) is 0 Å². The van der Waals surface area contributed by atoms with Crippen LogP contribution in [0.4, 0.5) is 16.3 Å². The second-order valence-electron chi connectivity index (χ2n) is 8.62. The molecule has 2 aromatic rings. The van der Waals surface area contributed by atoms with Crippen LogP contribution in [0.15, 0.2) is 18.2 Å². The third kappa shape index (κ3) is 7.86. The molecule has 1 aromatic carbocycles. The molecular weight excluding hydrogens is 445 g/mol. The average Bonchev–Trinajstić information content (AvgIpc) is 2.60. The van der Waals surface area contributed by atoms with Crippen LogP contribution >= 0.6 is 11.6 Å². The number of nitrogens with one attached hydrogen (secondary N) is 2. The van der Waals surface area contributed by atoms with Crippen LogP contribution in [-0.2, 0) is 21.9 Å². The summed E-state index contributed by atoms with van der Waals surface area (Å²) in [4.78, 5) is 12.8. The molecule has 0 saturated heterocycles. The Morgan fingerprint density at radius 1 is 1.19 bits per heavy atom. The molecule has 0 fully saturated rings. The molecule has 1 heterocycles. The molecule has 0 spiro atoms. The van der Waals surface area contributed by atoms with E-state index in [9.17, 15) is 17.9 Å². The van der Waals surface area contributed by atoms with Gasteiger partial charge in [-0.2, -0.15) is 15.0 Å². The van der Waals surface area contributed by atoms with Gasteiger partial charge in [0, 0.05) is 6.42 Å². The third-order valence-corrected chi connectivity index (χ3v) is 5.41. The number of hydrogen-bond donors (Lipinski definition) is 3. The van der Waals surface area contributed by atoms with Gasteiger partial charge < -0.3 is 10.4 Å². The summed E-state index contributed by atoms with van der Waals surface area (Å²) >= 11 is 5.93. The molecule has 11 heteroatoms. The molecule has 0 aliphatic rings. The Hall–Kier alpha value is -2.04. The van der Waals surface area contributed by atoms with Crippen LogP contribution in [0.1, 0.15) is 45.5 Å². The van der Waals surface area contributed by atoms with Crippen molar-refractivity contribution in [2.45, 2.75) is 52.0 Å². The summed E-state index contributed by atoms with van der Waals surface area (Å²) in [5, 5.41) is 12.7. The number of sulfonamides is 1. The van der Waals surface area contributed by atoms with E-state index in [2.05, 4.69) is 25.0 Å². The molecule has 0 radical (unpaired) electrons. The van der Waals surface area contributed by atoms with E-state index < -0.39 is 21.3 Å². The van der Waals surface area contributed by atoms with Crippen LogP contribution in [0.25, 0.3) is 0 Å². The molecule has 172 valence electrons. The highest BCUT2D eigenvalue weighted by molar-refractivity contribution is 7.91. The quantitative estimate of drug-likeness (QED) is 0.484. The highest BCUT2D eigenvalue weighted by Crippen LogP contribution is 2.30. The van der Waals surface area contributed by atoms with Gasteiger partial charge in [0.05, 0.1) is 23.9 Å². The first-order chi connectivity index (χ1) is 14.3. The fourth-order valence-corrected chi connectivity index (χ4v) is 3.72. The fourth-order valence-electron chi connectivity index (χ4n) is 3.12. The SMILES string of the molecule is CC(C)C[C@H](CO)Nc1nc(CC(C)(C)c2ccc(F)c(Cl)c2)nc(NS(C)(=O)=O)n1. The van der Waals surface area contributed by atoms with Gasteiger partial charge in [-0.1, -0.05) is 45.4 Å². The Kier molecular flexibility index (Phi) is 8.18. The topological polar surface area (TPSA) is 117 Å². The maximum absolute atomic E-state index is 13.6. The summed E-state index contributed by atoms with van der Waals surface area (Å²) in [6.45, 7) is 7.76. The second kappa shape index (κ2) is 10.1. The molecule has 0 bridgehead atoms. The zero-order chi connectivity index (χ0) is 23.4. The molecule has 8 nitrogen and oxygen atoms in total. The van der Waals surface area contributed by atoms with Gasteiger partial charge in [0.15, 0.2) is 0 Å². The largest absolute Gasteiger partial charge is 0.394 e. The molecule has 0 amide bonds. The summed E-state index contributed by atoms with van der Waals surface area (Å²) in [5.74, 6) is 0.178. The number of anilines is 2. The molecular formula is C20H29ClFN5O3S. The van der Waals surface area contributed by atoms with Gasteiger partial charge in [-0.05, 0) is 35.4 Å². The number of benzene rings is 1. The normalized spacial score (nSPS) is 13.3. The number of aliphatic hydroxyl groups excluding tert-OH is 1. The lowest BCUT2D eigenvalue weighted by Crippen LogP contribution is -2.28. The van der Waals surface area contributed by atoms with Gasteiger partial charge in [0.2, 0.25) is 21.9 Å². The van der Waals surface area contributed by atoms with Crippen molar-refractivity contribution in [3.8, 4) is 0 Å². The minimum absolute atomic E-state index is 0.0162. The van der Waals surface area contributed by atoms with Crippen molar-refractivity contribution in [2.75, 3.05) is 22.9 Å². The van der Waals surface area contributed by atoms with Crippen molar-refractivity contribution in [1.29, 1.82) is 0 Å². The van der Waals surface area contributed by atoms with Crippen LogP contribution < -0.4 is 10.0 Å². The molecule has 31 heavy (non-hydrogen) atoms. The van der Waals surface area contributed by atoms with Crippen LogP contribution in [-0.4, -0.2) is 47.4 Å². The Bertz CT molecular complexity index is 1020. The number of hydrogen-bond acceptors (Lipinski definition) is 7. The van der Waals surface area contributed by atoms with E-state index in [1.165, 1.54) is 6.07 Å². The van der Waals surface area contributed by atoms with E-state index in [0.29, 0.717) is 24.6 Å². The van der Waals surface area contributed by atoms with Crippen molar-refractivity contribution in [3.63, 3.8) is 0 Å². The Balaban J connectivity index is 2.39. The highest BCUT2D eigenvalue weighted by atomic mass is 35.5.